The van der Waals surface area contributed by atoms with E-state index in [4.69, 9.17) is 37.0 Å². The summed E-state index contributed by atoms with van der Waals surface area (Å²) in [5.74, 6) is -1.56. The molecule has 19 heteroatoms. The molecule has 0 aliphatic carbocycles. The second-order valence-electron chi connectivity index (χ2n) is 26.0. The first-order valence-corrected chi connectivity index (χ1v) is 41.5. The molecule has 0 fully saturated rings. The molecule has 2 unspecified atom stereocenters. The van der Waals surface area contributed by atoms with Crippen LogP contribution in [0, 0.1) is 0 Å². The first-order chi connectivity index (χ1) is 46.8. The number of aliphatic hydroxyl groups is 1. The molecule has 17 nitrogen and oxygen atoms in total. The van der Waals surface area contributed by atoms with Crippen LogP contribution in [0.1, 0.15) is 342 Å². The second-order valence-corrected chi connectivity index (χ2v) is 28.9. The van der Waals surface area contributed by atoms with E-state index in [-0.39, 0.29) is 25.9 Å². The number of unbranched alkanes of at least 4 members (excludes halogenated alkanes) is 40. The van der Waals surface area contributed by atoms with Gasteiger partial charge < -0.3 is 38.6 Å². The van der Waals surface area contributed by atoms with Gasteiger partial charge in [0.25, 0.3) is 0 Å². The summed E-state index contributed by atoms with van der Waals surface area (Å²) in [7, 11) is -9.83. The number of aliphatic hydroxyl groups excluding tert-OH is 1. The number of carbonyl (C=O) groups excluding carboxylic acids is 4. The van der Waals surface area contributed by atoms with Gasteiger partial charge in [-0.25, -0.2) is 9.13 Å². The summed E-state index contributed by atoms with van der Waals surface area (Å²) in [5.41, 5.74) is 0. The molecule has 0 rings (SSSR count). The average Bonchev–Trinajstić information content (AvgIpc) is 3.66. The maximum Gasteiger partial charge on any atom is 0.472 e. The summed E-state index contributed by atoms with van der Waals surface area (Å²) in [5, 5.41) is 10.6. The lowest BCUT2D eigenvalue weighted by Crippen LogP contribution is -2.30. The van der Waals surface area contributed by atoms with E-state index >= 15 is 0 Å². The van der Waals surface area contributed by atoms with Crippen LogP contribution in [0.15, 0.2) is 60.8 Å². The minimum absolute atomic E-state index is 0.0872. The predicted molar refractivity (Wildman–Crippen MR) is 391 cm³/mol. The van der Waals surface area contributed by atoms with Gasteiger partial charge in [-0.15, -0.1) is 0 Å². The highest BCUT2D eigenvalue weighted by Gasteiger charge is 2.30. The van der Waals surface area contributed by atoms with E-state index in [9.17, 15) is 43.2 Å². The lowest BCUT2D eigenvalue weighted by Gasteiger charge is -2.21. The van der Waals surface area contributed by atoms with Crippen LogP contribution in [0.25, 0.3) is 0 Å². The molecule has 0 aromatic carbocycles. The highest BCUT2D eigenvalue weighted by atomic mass is 31.2. The minimum Gasteiger partial charge on any atom is -0.462 e. The fourth-order valence-corrected chi connectivity index (χ4v) is 12.2. The zero-order valence-corrected chi connectivity index (χ0v) is 62.6. The number of rotatable bonds is 75. The lowest BCUT2D eigenvalue weighted by molar-refractivity contribution is -0.161. The number of esters is 3. The first kappa shape index (κ1) is 92.9. The average molecular weight is 1400 g/mol. The van der Waals surface area contributed by atoms with Crippen molar-refractivity contribution in [3.8, 4) is 0 Å². The summed E-state index contributed by atoms with van der Waals surface area (Å²) >= 11 is 0. The van der Waals surface area contributed by atoms with E-state index in [2.05, 4.69) is 81.5 Å². The molecule has 0 heterocycles. The number of allylic oxidation sites excluding steroid dienone is 10. The van der Waals surface area contributed by atoms with E-state index in [1.807, 2.05) is 0 Å². The number of phosphoric acid groups is 2. The molecule has 5 atom stereocenters. The molecule has 0 spiro atoms. The number of carbonyl (C=O) groups is 4. The minimum atomic E-state index is -4.94. The van der Waals surface area contributed by atoms with Gasteiger partial charge in [0.2, 0.25) is 0 Å². The highest BCUT2D eigenvalue weighted by Crippen LogP contribution is 2.45. The topological polar surface area (TPSA) is 237 Å². The Morgan fingerprint density at radius 3 is 0.979 bits per heavy atom. The molecule has 0 aromatic rings. The van der Waals surface area contributed by atoms with Crippen molar-refractivity contribution in [3.05, 3.63) is 60.8 Å². The van der Waals surface area contributed by atoms with Crippen LogP contribution in [0.2, 0.25) is 0 Å². The van der Waals surface area contributed by atoms with Crippen molar-refractivity contribution in [3.63, 3.8) is 0 Å². The number of hydrogen-bond donors (Lipinski definition) is 3. The van der Waals surface area contributed by atoms with Gasteiger partial charge in [-0.3, -0.25) is 32.5 Å². The third-order valence-corrected chi connectivity index (χ3v) is 18.4. The predicted octanol–water partition coefficient (Wildman–Crippen LogP) is 21.5. The molecule has 0 bridgehead atoms. The normalized spacial score (nSPS) is 14.3. The zero-order valence-electron chi connectivity index (χ0n) is 60.8. The largest absolute Gasteiger partial charge is 0.472 e. The smallest absolute Gasteiger partial charge is 0.462 e. The van der Waals surface area contributed by atoms with Crippen LogP contribution in [-0.4, -0.2) is 104 Å². The van der Waals surface area contributed by atoms with Gasteiger partial charge in [-0.2, -0.15) is 0 Å². The lowest BCUT2D eigenvalue weighted by atomic mass is 10.0. The van der Waals surface area contributed by atoms with E-state index in [0.717, 1.165) is 180 Å². The van der Waals surface area contributed by atoms with Crippen LogP contribution in [-0.2, 0) is 65.4 Å². The van der Waals surface area contributed by atoms with E-state index in [0.29, 0.717) is 32.3 Å². The Balaban J connectivity index is 5.28. The highest BCUT2D eigenvalue weighted by molar-refractivity contribution is 7.47. The quantitative estimate of drug-likeness (QED) is 0.00976. The molecule has 0 radical (unpaired) electrons. The SMILES string of the molecule is CCCCCC/C=C\C=C/CCCCCCCC(=O)OC[C@H](COP(=O)(O)OC[C@H](O)COP(=O)(O)OC[C@@H](COCCCCCCC/C=C\CCCCCCC=O)OC(=O)CCCCCCC/C=C\C=C/CCCCCC)OC(=O)CCCCCCCCCCCCCCC. The van der Waals surface area contributed by atoms with E-state index < -0.39 is 84.9 Å². The number of phosphoric ester groups is 2. The molecule has 96 heavy (non-hydrogen) atoms. The number of aldehydes is 1. The Morgan fingerprint density at radius 1 is 0.333 bits per heavy atom. The molecule has 0 amide bonds. The van der Waals surface area contributed by atoms with Gasteiger partial charge in [0.05, 0.1) is 33.0 Å². The van der Waals surface area contributed by atoms with Crippen LogP contribution in [0.5, 0.6) is 0 Å². The van der Waals surface area contributed by atoms with Crippen LogP contribution < -0.4 is 0 Å². The van der Waals surface area contributed by atoms with Crippen LogP contribution in [0.3, 0.4) is 0 Å². The van der Waals surface area contributed by atoms with Gasteiger partial charge in [-0.1, -0.05) is 268 Å². The van der Waals surface area contributed by atoms with Crippen molar-refractivity contribution in [1.82, 2.24) is 0 Å². The van der Waals surface area contributed by atoms with Crippen LogP contribution >= 0.6 is 15.6 Å². The molecule has 560 valence electrons. The summed E-state index contributed by atoms with van der Waals surface area (Å²) in [6, 6.07) is 0. The molecule has 0 aromatic heterocycles. The van der Waals surface area contributed by atoms with E-state index in [1.54, 1.807) is 0 Å². The second kappa shape index (κ2) is 71.7. The molecule has 3 N–H and O–H groups in total. The molecule has 0 aliphatic heterocycles. The summed E-state index contributed by atoms with van der Waals surface area (Å²) in [6.07, 6.45) is 69.6. The number of ether oxygens (including phenoxy) is 4. The third kappa shape index (κ3) is 70.8. The first-order valence-electron chi connectivity index (χ1n) is 38.5. The summed E-state index contributed by atoms with van der Waals surface area (Å²) < 4.78 is 69.1. The van der Waals surface area contributed by atoms with Gasteiger partial charge in [0.1, 0.15) is 25.1 Å². The van der Waals surface area contributed by atoms with Crippen molar-refractivity contribution < 1.29 is 80.2 Å². The van der Waals surface area contributed by atoms with Crippen molar-refractivity contribution in [2.24, 2.45) is 0 Å². The van der Waals surface area contributed by atoms with Gasteiger partial charge in [0, 0.05) is 32.3 Å². The standard InChI is InChI=1S/C77H140O17P2/c1-4-7-10-13-16-19-22-25-27-32-36-41-46-51-56-61-75(80)88-69-74(94-77(82)63-58-53-48-42-37-31-24-21-18-15-12-9-6-3)71-92-96(85,86)90-67-72(79)66-89-95(83,84)91-70-73(68-87-65-60-55-50-45-40-35-30-29-34-39-44-49-54-59-64-78)93-76(81)62-57-52-47-43-38-33-28-26-23-20-17-14-11-8-5-2/h19-20,22-23,25-30,64,72-74,79H,4-18,21,24,31-63,65-71H2,1-3H3,(H,83,84)(H,85,86)/b22-19-,23-20-,27-25-,28-26-,30-29-/t72-,73-,74-/m1/s1. The van der Waals surface area contributed by atoms with Crippen LogP contribution in [0.4, 0.5) is 0 Å². The Kier molecular flexibility index (Phi) is 69.4. The Hall–Kier alpha value is -3.08. The summed E-state index contributed by atoms with van der Waals surface area (Å²) in [4.78, 5) is 70.5. The van der Waals surface area contributed by atoms with Gasteiger partial charge in [0.15, 0.2) is 6.10 Å². The van der Waals surface area contributed by atoms with Crippen molar-refractivity contribution >= 4 is 39.8 Å². The molecule has 0 saturated heterocycles. The molecule has 0 aliphatic rings. The van der Waals surface area contributed by atoms with Gasteiger partial charge >= 0.3 is 33.6 Å². The zero-order chi connectivity index (χ0) is 70.2. The Bertz CT molecular complexity index is 2030. The third-order valence-electron chi connectivity index (χ3n) is 16.5. The maximum atomic E-state index is 13.1. The number of hydrogen-bond acceptors (Lipinski definition) is 15. The van der Waals surface area contributed by atoms with Gasteiger partial charge in [-0.05, 0) is 109 Å². The maximum absolute atomic E-state index is 13.1. The molecule has 0 saturated carbocycles. The fraction of sp³-hybridized carbons (Fsp3) is 0.818. The monoisotopic (exact) mass is 1400 g/mol. The molecular formula is C77H140O17P2. The van der Waals surface area contributed by atoms with E-state index in [1.165, 1.54) is 103 Å². The summed E-state index contributed by atoms with van der Waals surface area (Å²) in [6.45, 7) is 3.61. The van der Waals surface area contributed by atoms with Crippen molar-refractivity contribution in [1.29, 1.82) is 0 Å². The Labute approximate surface area is 584 Å². The Morgan fingerprint density at radius 2 is 0.615 bits per heavy atom. The van der Waals surface area contributed by atoms with Crippen molar-refractivity contribution in [2.45, 2.75) is 360 Å². The molecular weight excluding hydrogens is 1260 g/mol. The van der Waals surface area contributed by atoms with Crippen molar-refractivity contribution in [2.75, 3.05) is 46.2 Å². The fourth-order valence-electron chi connectivity index (χ4n) is 10.6.